The van der Waals surface area contributed by atoms with Crippen LogP contribution >= 0.6 is 12.2 Å². The maximum absolute atomic E-state index is 5.65. The number of aromatic nitrogens is 3. The van der Waals surface area contributed by atoms with Crippen molar-refractivity contribution in [2.24, 2.45) is 7.05 Å². The van der Waals surface area contributed by atoms with E-state index < -0.39 is 0 Å². The van der Waals surface area contributed by atoms with E-state index in [-0.39, 0.29) is 0 Å². The summed E-state index contributed by atoms with van der Waals surface area (Å²) in [6, 6.07) is 19.3. The second-order valence-corrected chi connectivity index (χ2v) is 8.31. The minimum atomic E-state index is 0.764. The zero-order chi connectivity index (χ0) is 20.2. The number of rotatable bonds is 6. The summed E-state index contributed by atoms with van der Waals surface area (Å²) in [5.41, 5.74) is 3.99. The van der Waals surface area contributed by atoms with Gasteiger partial charge >= 0.3 is 0 Å². The molecule has 0 N–H and O–H groups in total. The van der Waals surface area contributed by atoms with E-state index in [0.29, 0.717) is 0 Å². The van der Waals surface area contributed by atoms with Gasteiger partial charge in [-0.3, -0.25) is 9.80 Å². The summed E-state index contributed by atoms with van der Waals surface area (Å²) < 4.78 is 4.80. The minimum Gasteiger partial charge on any atom is -0.307 e. The molecule has 1 aliphatic rings. The first-order chi connectivity index (χ1) is 14.1. The van der Waals surface area contributed by atoms with Gasteiger partial charge < -0.3 is 4.57 Å². The highest BCUT2D eigenvalue weighted by Gasteiger charge is 2.19. The van der Waals surface area contributed by atoms with Crippen molar-refractivity contribution in [3.63, 3.8) is 0 Å². The van der Waals surface area contributed by atoms with Crippen molar-refractivity contribution in [3.05, 3.63) is 81.9 Å². The van der Waals surface area contributed by atoms with Gasteiger partial charge in [0.25, 0.3) is 0 Å². The average molecular weight is 408 g/mol. The number of nitrogens with zero attached hydrogens (tertiary/aromatic N) is 5. The molecule has 5 nitrogen and oxygen atoms in total. The van der Waals surface area contributed by atoms with Crippen LogP contribution in [-0.2, 0) is 26.7 Å². The van der Waals surface area contributed by atoms with E-state index in [1.165, 1.54) is 16.7 Å². The Kier molecular flexibility index (Phi) is 6.23. The Morgan fingerprint density at radius 1 is 0.897 bits per heavy atom. The summed E-state index contributed by atoms with van der Waals surface area (Å²) in [5, 5.41) is 4.82. The Bertz CT molecular complexity index is 1000. The van der Waals surface area contributed by atoms with E-state index in [1.807, 2.05) is 22.4 Å². The van der Waals surface area contributed by atoms with Crippen LogP contribution in [0.1, 0.15) is 22.5 Å². The van der Waals surface area contributed by atoms with E-state index in [1.54, 1.807) is 0 Å². The molecule has 0 spiro atoms. The van der Waals surface area contributed by atoms with Gasteiger partial charge in [-0.15, -0.1) is 0 Å². The Hall–Kier alpha value is -2.28. The summed E-state index contributed by atoms with van der Waals surface area (Å²) >= 11 is 5.65. The maximum atomic E-state index is 5.65. The molecule has 152 valence electrons. The van der Waals surface area contributed by atoms with Crippen LogP contribution in [0.5, 0.6) is 0 Å². The van der Waals surface area contributed by atoms with Crippen LogP contribution in [-0.4, -0.2) is 50.3 Å². The molecule has 4 rings (SSSR count). The predicted molar refractivity (Wildman–Crippen MR) is 119 cm³/mol. The fourth-order valence-corrected chi connectivity index (χ4v) is 4.11. The van der Waals surface area contributed by atoms with Crippen LogP contribution in [0.4, 0.5) is 0 Å². The zero-order valence-corrected chi connectivity index (χ0v) is 18.1. The molecular formula is C23H29N5S. The van der Waals surface area contributed by atoms with Gasteiger partial charge in [-0.05, 0) is 30.3 Å². The standard InChI is InChI=1S/C23H29N5S/c1-19-7-6-10-21(15-19)17-26-11-13-27(14-12-26)18-28-23(29)25(2)22(24-28)16-20-8-4-3-5-9-20/h3-10,15H,11-14,16-18H2,1-2H3. The first kappa shape index (κ1) is 20.0. The Labute approximate surface area is 178 Å². The van der Waals surface area contributed by atoms with Crippen molar-refractivity contribution in [1.82, 2.24) is 24.1 Å². The normalized spacial score (nSPS) is 15.7. The summed E-state index contributed by atoms with van der Waals surface area (Å²) in [6.45, 7) is 8.18. The van der Waals surface area contributed by atoms with Gasteiger partial charge in [0.1, 0.15) is 5.82 Å². The predicted octanol–water partition coefficient (Wildman–Crippen LogP) is 3.63. The molecule has 6 heteroatoms. The zero-order valence-electron chi connectivity index (χ0n) is 17.3. The molecule has 1 aliphatic heterocycles. The molecule has 0 aliphatic carbocycles. The third kappa shape index (κ3) is 5.01. The Morgan fingerprint density at radius 3 is 2.31 bits per heavy atom. The van der Waals surface area contributed by atoms with Crippen molar-refractivity contribution < 1.29 is 0 Å². The lowest BCUT2D eigenvalue weighted by atomic mass is 10.1. The van der Waals surface area contributed by atoms with Crippen LogP contribution in [0.3, 0.4) is 0 Å². The van der Waals surface area contributed by atoms with Crippen LogP contribution < -0.4 is 0 Å². The highest BCUT2D eigenvalue weighted by Crippen LogP contribution is 2.12. The fourth-order valence-electron chi connectivity index (χ4n) is 3.90. The Morgan fingerprint density at radius 2 is 1.59 bits per heavy atom. The number of benzene rings is 2. The molecule has 1 saturated heterocycles. The van der Waals surface area contributed by atoms with Crippen LogP contribution in [0.15, 0.2) is 54.6 Å². The largest absolute Gasteiger partial charge is 0.307 e. The number of hydrogen-bond donors (Lipinski definition) is 0. The minimum absolute atomic E-state index is 0.764. The molecule has 0 amide bonds. The fraction of sp³-hybridized carbons (Fsp3) is 0.391. The van der Waals surface area contributed by atoms with Crippen molar-refractivity contribution in [2.45, 2.75) is 26.6 Å². The van der Waals surface area contributed by atoms with Crippen LogP contribution in [0, 0.1) is 11.7 Å². The van der Waals surface area contributed by atoms with Gasteiger partial charge in [-0.1, -0.05) is 60.2 Å². The molecule has 0 bridgehead atoms. The number of aryl methyl sites for hydroxylation is 1. The molecule has 2 heterocycles. The molecule has 1 fully saturated rings. The molecule has 29 heavy (non-hydrogen) atoms. The highest BCUT2D eigenvalue weighted by molar-refractivity contribution is 7.71. The van der Waals surface area contributed by atoms with E-state index in [0.717, 1.165) is 56.4 Å². The maximum Gasteiger partial charge on any atom is 0.198 e. The van der Waals surface area contributed by atoms with Gasteiger partial charge in [0.2, 0.25) is 0 Å². The second-order valence-electron chi connectivity index (χ2n) is 7.94. The van der Waals surface area contributed by atoms with E-state index in [9.17, 15) is 0 Å². The molecule has 0 saturated carbocycles. The molecule has 0 atom stereocenters. The van der Waals surface area contributed by atoms with Gasteiger partial charge in [0.05, 0.1) is 6.67 Å². The third-order valence-electron chi connectivity index (χ3n) is 5.62. The van der Waals surface area contributed by atoms with Crippen LogP contribution in [0.2, 0.25) is 0 Å². The average Bonchev–Trinajstić information content (AvgIpc) is 2.98. The van der Waals surface area contributed by atoms with E-state index in [4.69, 9.17) is 17.3 Å². The number of hydrogen-bond acceptors (Lipinski definition) is 4. The topological polar surface area (TPSA) is 29.2 Å². The monoisotopic (exact) mass is 407 g/mol. The smallest absolute Gasteiger partial charge is 0.198 e. The van der Waals surface area contributed by atoms with Gasteiger partial charge in [0.15, 0.2) is 4.77 Å². The molecule has 3 aromatic rings. The third-order valence-corrected chi connectivity index (χ3v) is 6.11. The lowest BCUT2D eigenvalue weighted by Gasteiger charge is -2.34. The lowest BCUT2D eigenvalue weighted by Crippen LogP contribution is -2.46. The lowest BCUT2D eigenvalue weighted by molar-refractivity contribution is 0.0979. The van der Waals surface area contributed by atoms with Crippen LogP contribution in [0.25, 0.3) is 0 Å². The van der Waals surface area contributed by atoms with Crippen molar-refractivity contribution in [1.29, 1.82) is 0 Å². The van der Waals surface area contributed by atoms with Crippen molar-refractivity contribution in [2.75, 3.05) is 26.2 Å². The van der Waals surface area contributed by atoms with E-state index >= 15 is 0 Å². The summed E-state index contributed by atoms with van der Waals surface area (Å²) in [7, 11) is 2.02. The first-order valence-electron chi connectivity index (χ1n) is 10.3. The van der Waals surface area contributed by atoms with Crippen molar-refractivity contribution >= 4 is 12.2 Å². The first-order valence-corrected chi connectivity index (χ1v) is 10.7. The molecule has 0 unspecified atom stereocenters. The quantitative estimate of drug-likeness (QED) is 0.584. The van der Waals surface area contributed by atoms with E-state index in [2.05, 4.69) is 65.3 Å². The summed E-state index contributed by atoms with van der Waals surface area (Å²) in [5.74, 6) is 1.01. The summed E-state index contributed by atoms with van der Waals surface area (Å²) in [6.07, 6.45) is 0.804. The Balaban J connectivity index is 1.34. The van der Waals surface area contributed by atoms with Gasteiger partial charge in [-0.25, -0.2) is 4.68 Å². The number of piperazine rings is 1. The molecular weight excluding hydrogens is 378 g/mol. The SMILES string of the molecule is Cc1cccc(CN2CCN(Cn3nc(Cc4ccccc4)n(C)c3=S)CC2)c1. The molecule has 2 aromatic carbocycles. The van der Waals surface area contributed by atoms with Gasteiger partial charge in [0, 0.05) is 46.2 Å². The van der Waals surface area contributed by atoms with Gasteiger partial charge in [-0.2, -0.15) is 5.10 Å². The molecule has 0 radical (unpaired) electrons. The van der Waals surface area contributed by atoms with Crippen molar-refractivity contribution in [3.8, 4) is 0 Å². The highest BCUT2D eigenvalue weighted by atomic mass is 32.1. The second kappa shape index (κ2) is 9.03. The molecule has 1 aromatic heterocycles. The summed E-state index contributed by atoms with van der Waals surface area (Å²) in [4.78, 5) is 4.98.